The number of ether oxygens (including phenoxy) is 2. The Kier molecular flexibility index (Phi) is 3.63. The van der Waals surface area contributed by atoms with Crippen LogP contribution < -0.4 is 9.47 Å². The van der Waals surface area contributed by atoms with E-state index in [9.17, 15) is 10.1 Å². The van der Waals surface area contributed by atoms with Gasteiger partial charge >= 0.3 is 0 Å². The van der Waals surface area contributed by atoms with Gasteiger partial charge in [-0.15, -0.1) is 0 Å². The summed E-state index contributed by atoms with van der Waals surface area (Å²) in [5, 5.41) is 12.9. The minimum atomic E-state index is -0.513. The number of nitro groups is 1. The van der Waals surface area contributed by atoms with E-state index >= 15 is 0 Å². The molecule has 0 saturated carbocycles. The lowest BCUT2D eigenvalue weighted by Crippen LogP contribution is -1.93. The number of hydrogen-bond acceptors (Lipinski definition) is 6. The molecule has 0 N–H and O–H groups in total. The van der Waals surface area contributed by atoms with Crippen molar-refractivity contribution >= 4 is 28.6 Å². The van der Waals surface area contributed by atoms with Gasteiger partial charge in [0.15, 0.2) is 11.5 Å². The number of rotatable bonds is 4. The Morgan fingerprint density at radius 2 is 2.22 bits per heavy atom. The van der Waals surface area contributed by atoms with Gasteiger partial charge in [-0.3, -0.25) is 10.1 Å². The number of hydrogen-bond donors (Lipinski definition) is 0. The van der Waals surface area contributed by atoms with Gasteiger partial charge in [0.05, 0.1) is 18.1 Å². The summed E-state index contributed by atoms with van der Waals surface area (Å²) in [6.07, 6.45) is 0. The molecule has 0 aliphatic carbocycles. The summed E-state index contributed by atoms with van der Waals surface area (Å²) in [7, 11) is 1.45. The molecule has 2 aromatic rings. The highest BCUT2D eigenvalue weighted by Gasteiger charge is 2.14. The minimum Gasteiger partial charge on any atom is -0.493 e. The average Bonchev–Trinajstić information content (AvgIpc) is 2.74. The molecule has 0 radical (unpaired) electrons. The molecule has 0 atom stereocenters. The average molecular weight is 287 g/mol. The summed E-state index contributed by atoms with van der Waals surface area (Å²) in [6, 6.07) is 4.07. The zero-order valence-corrected chi connectivity index (χ0v) is 10.7. The molecule has 0 saturated heterocycles. The predicted octanol–water partition coefficient (Wildman–Crippen LogP) is 3.51. The van der Waals surface area contributed by atoms with Crippen molar-refractivity contribution in [1.82, 2.24) is 4.98 Å². The van der Waals surface area contributed by atoms with Crippen molar-refractivity contribution in [3.8, 4) is 16.7 Å². The molecule has 2 rings (SSSR count). The quantitative estimate of drug-likeness (QED) is 0.635. The van der Waals surface area contributed by atoms with Crippen LogP contribution in [0.4, 0.5) is 5.69 Å². The van der Waals surface area contributed by atoms with Crippen molar-refractivity contribution in [1.29, 1.82) is 0 Å². The Hall–Kier alpha value is -1.86. The highest BCUT2D eigenvalue weighted by Crippen LogP contribution is 2.36. The fourth-order valence-electron chi connectivity index (χ4n) is 1.24. The van der Waals surface area contributed by atoms with Crippen LogP contribution in [0.25, 0.3) is 0 Å². The van der Waals surface area contributed by atoms with Crippen molar-refractivity contribution < 1.29 is 14.4 Å². The molecule has 0 spiro atoms. The maximum atomic E-state index is 10.7. The normalized spacial score (nSPS) is 10.1. The van der Waals surface area contributed by atoms with Gasteiger partial charge in [-0.1, -0.05) is 22.9 Å². The molecule has 0 bridgehead atoms. The first-order valence-corrected chi connectivity index (χ1v) is 5.97. The van der Waals surface area contributed by atoms with E-state index in [0.717, 1.165) is 0 Å². The second-order valence-electron chi connectivity index (χ2n) is 3.13. The molecular formula is C10H7ClN2O4S. The maximum Gasteiger partial charge on any atom is 0.280 e. The van der Waals surface area contributed by atoms with Gasteiger partial charge in [-0.25, -0.2) is 0 Å². The molecule has 1 heterocycles. The van der Waals surface area contributed by atoms with E-state index in [1.165, 1.54) is 36.6 Å². The number of methoxy groups -OCH3 is 1. The largest absolute Gasteiger partial charge is 0.493 e. The van der Waals surface area contributed by atoms with E-state index in [1.807, 2.05) is 0 Å². The van der Waals surface area contributed by atoms with Crippen LogP contribution in [0.3, 0.4) is 0 Å². The zero-order valence-electron chi connectivity index (χ0n) is 9.12. The molecule has 94 valence electrons. The van der Waals surface area contributed by atoms with Crippen LogP contribution in [0.5, 0.6) is 16.7 Å². The highest BCUT2D eigenvalue weighted by atomic mass is 35.5. The number of halogens is 1. The van der Waals surface area contributed by atoms with Crippen LogP contribution >= 0.6 is 22.9 Å². The summed E-state index contributed by atoms with van der Waals surface area (Å²) in [6.45, 7) is 0. The molecule has 0 amide bonds. The van der Waals surface area contributed by atoms with E-state index in [4.69, 9.17) is 21.1 Å². The molecular weight excluding hydrogens is 280 g/mol. The Bertz CT molecular complexity index is 587. The Morgan fingerprint density at radius 1 is 1.44 bits per heavy atom. The smallest absolute Gasteiger partial charge is 0.280 e. The maximum absolute atomic E-state index is 10.7. The van der Waals surface area contributed by atoms with Gasteiger partial charge < -0.3 is 9.47 Å². The van der Waals surface area contributed by atoms with E-state index in [0.29, 0.717) is 16.1 Å². The molecule has 0 fully saturated rings. The van der Waals surface area contributed by atoms with Gasteiger partial charge in [-0.2, -0.15) is 4.98 Å². The van der Waals surface area contributed by atoms with E-state index in [-0.39, 0.29) is 11.4 Å². The van der Waals surface area contributed by atoms with Crippen LogP contribution in [0, 0.1) is 10.1 Å². The third kappa shape index (κ3) is 2.69. The fourth-order valence-corrected chi connectivity index (χ4v) is 2.04. The lowest BCUT2D eigenvalue weighted by Gasteiger charge is -2.07. The fraction of sp³-hybridized carbons (Fsp3) is 0.100. The lowest BCUT2D eigenvalue weighted by atomic mass is 10.3. The van der Waals surface area contributed by atoms with E-state index in [1.54, 1.807) is 5.38 Å². The minimum absolute atomic E-state index is 0.0894. The number of nitrogens with zero attached hydrogens (tertiary/aromatic N) is 2. The van der Waals surface area contributed by atoms with Gasteiger partial charge in [0.1, 0.15) is 5.15 Å². The van der Waals surface area contributed by atoms with Gasteiger partial charge in [0.2, 0.25) is 0 Å². The molecule has 0 unspecified atom stereocenters. The molecule has 1 aromatic heterocycles. The SMILES string of the molecule is COc1ccc([N+](=O)[O-])cc1Oc1nc(Cl)cs1. The Balaban J connectivity index is 2.35. The standard InChI is InChI=1S/C10H7ClN2O4S/c1-16-7-3-2-6(13(14)15)4-8(7)17-10-12-9(11)5-18-10/h2-5H,1H3. The lowest BCUT2D eigenvalue weighted by molar-refractivity contribution is -0.384. The van der Waals surface area contributed by atoms with Crippen LogP contribution in [-0.2, 0) is 0 Å². The molecule has 6 nitrogen and oxygen atoms in total. The monoisotopic (exact) mass is 286 g/mol. The third-order valence-corrected chi connectivity index (χ3v) is 3.05. The van der Waals surface area contributed by atoms with Crippen molar-refractivity contribution in [3.05, 3.63) is 38.8 Å². The van der Waals surface area contributed by atoms with E-state index < -0.39 is 4.92 Å². The van der Waals surface area contributed by atoms with Gasteiger partial charge in [-0.05, 0) is 6.07 Å². The van der Waals surface area contributed by atoms with Crippen molar-refractivity contribution in [2.24, 2.45) is 0 Å². The first kappa shape index (κ1) is 12.6. The molecule has 8 heteroatoms. The summed E-state index contributed by atoms with van der Waals surface area (Å²) < 4.78 is 10.5. The molecule has 18 heavy (non-hydrogen) atoms. The number of aromatic nitrogens is 1. The predicted molar refractivity (Wildman–Crippen MR) is 66.8 cm³/mol. The van der Waals surface area contributed by atoms with Gasteiger partial charge in [0, 0.05) is 11.4 Å². The van der Waals surface area contributed by atoms with Crippen molar-refractivity contribution in [2.75, 3.05) is 7.11 Å². The second kappa shape index (κ2) is 5.19. The summed E-state index contributed by atoms with van der Waals surface area (Å²) in [4.78, 5) is 14.1. The van der Waals surface area contributed by atoms with Crippen LogP contribution in [0.1, 0.15) is 0 Å². The third-order valence-electron chi connectivity index (χ3n) is 2.01. The number of non-ortho nitro benzene ring substituents is 1. The van der Waals surface area contributed by atoms with Crippen LogP contribution in [-0.4, -0.2) is 17.0 Å². The second-order valence-corrected chi connectivity index (χ2v) is 4.34. The number of thiazole rings is 1. The summed E-state index contributed by atoms with van der Waals surface area (Å²) in [5.41, 5.74) is -0.0894. The number of benzene rings is 1. The summed E-state index contributed by atoms with van der Waals surface area (Å²) >= 11 is 6.85. The molecule has 1 aromatic carbocycles. The Labute approximate surface area is 111 Å². The van der Waals surface area contributed by atoms with Crippen LogP contribution in [0.2, 0.25) is 5.15 Å². The number of nitro benzene ring substituents is 1. The Morgan fingerprint density at radius 3 is 2.78 bits per heavy atom. The first-order chi connectivity index (χ1) is 8.60. The van der Waals surface area contributed by atoms with E-state index in [2.05, 4.69) is 4.98 Å². The first-order valence-electron chi connectivity index (χ1n) is 4.71. The molecule has 0 aliphatic rings. The van der Waals surface area contributed by atoms with Crippen LogP contribution in [0.15, 0.2) is 23.6 Å². The summed E-state index contributed by atoms with van der Waals surface area (Å²) in [5.74, 6) is 0.602. The highest BCUT2D eigenvalue weighted by molar-refractivity contribution is 7.11. The van der Waals surface area contributed by atoms with Gasteiger partial charge in [0.25, 0.3) is 10.9 Å². The van der Waals surface area contributed by atoms with Crippen molar-refractivity contribution in [2.45, 2.75) is 0 Å². The van der Waals surface area contributed by atoms with Crippen molar-refractivity contribution in [3.63, 3.8) is 0 Å². The topological polar surface area (TPSA) is 74.5 Å². The zero-order chi connectivity index (χ0) is 13.1. The molecule has 0 aliphatic heterocycles.